The summed E-state index contributed by atoms with van der Waals surface area (Å²) in [6.07, 6.45) is 0. The molecule has 0 saturated carbocycles. The van der Waals surface area contributed by atoms with Crippen LogP contribution in [0.25, 0.3) is 0 Å². The number of non-ortho nitro benzene ring substituents is 1. The van der Waals surface area contributed by atoms with E-state index in [0.717, 1.165) is 37.4 Å². The van der Waals surface area contributed by atoms with Crippen molar-refractivity contribution in [3.05, 3.63) is 94.0 Å². The first-order valence-corrected chi connectivity index (χ1v) is 12.8. The Bertz CT molecular complexity index is 1420. The van der Waals surface area contributed by atoms with Gasteiger partial charge in [0.05, 0.1) is 22.9 Å². The third-order valence-corrected chi connectivity index (χ3v) is 7.24. The first-order chi connectivity index (χ1) is 18.8. The first-order valence-electron chi connectivity index (χ1n) is 12.8. The van der Waals surface area contributed by atoms with Crippen LogP contribution in [0.3, 0.4) is 0 Å². The maximum atomic E-state index is 13.1. The van der Waals surface area contributed by atoms with Gasteiger partial charge in [-0.15, -0.1) is 0 Å². The summed E-state index contributed by atoms with van der Waals surface area (Å²) in [5, 5.41) is 14.2. The molecular formula is C29H30N6O4. The average Bonchev–Trinajstić information content (AvgIpc) is 3.28. The van der Waals surface area contributed by atoms with Crippen molar-refractivity contribution in [2.45, 2.75) is 5.92 Å². The van der Waals surface area contributed by atoms with Gasteiger partial charge < -0.3 is 15.1 Å². The van der Waals surface area contributed by atoms with Crippen LogP contribution >= 0.6 is 0 Å². The second-order valence-electron chi connectivity index (χ2n) is 9.86. The van der Waals surface area contributed by atoms with E-state index in [-0.39, 0.29) is 17.5 Å². The minimum atomic E-state index is -0.810. The number of nitrogens with zero attached hydrogens (tertiary/aromatic N) is 5. The van der Waals surface area contributed by atoms with Crippen LogP contribution in [-0.2, 0) is 9.59 Å². The second kappa shape index (κ2) is 11.1. The number of anilines is 2. The summed E-state index contributed by atoms with van der Waals surface area (Å²) in [6.45, 7) is 4.00. The number of likely N-dealkylation sites (N-methyl/N-ethyl adjacent to an activating group) is 2. The van der Waals surface area contributed by atoms with Crippen molar-refractivity contribution in [3.8, 4) is 0 Å². The SMILES string of the molecule is CN1CCN(CC(=O)N(C)c2ccc(N=C(c3ccccc3)C3C(=O)Nc4ccc([N+](=O)[O-])cc43)cc2)CC1. The van der Waals surface area contributed by atoms with E-state index in [1.807, 2.05) is 42.5 Å². The zero-order valence-electron chi connectivity index (χ0n) is 21.9. The molecule has 3 aromatic rings. The number of carbonyl (C=O) groups is 2. The van der Waals surface area contributed by atoms with Gasteiger partial charge in [-0.2, -0.15) is 0 Å². The van der Waals surface area contributed by atoms with Gasteiger partial charge in [0.25, 0.3) is 5.69 Å². The Morgan fingerprint density at radius 3 is 2.41 bits per heavy atom. The number of benzene rings is 3. The van der Waals surface area contributed by atoms with E-state index >= 15 is 0 Å². The second-order valence-corrected chi connectivity index (χ2v) is 9.86. The number of hydrogen-bond acceptors (Lipinski definition) is 7. The molecule has 1 unspecified atom stereocenters. The number of hydrogen-bond donors (Lipinski definition) is 1. The molecule has 1 atom stereocenters. The van der Waals surface area contributed by atoms with Crippen molar-refractivity contribution in [2.75, 3.05) is 57.0 Å². The minimum Gasteiger partial charge on any atom is -0.325 e. The number of fused-ring (bicyclic) bond motifs is 1. The van der Waals surface area contributed by atoms with E-state index in [2.05, 4.69) is 22.2 Å². The normalized spacial score (nSPS) is 17.9. The van der Waals surface area contributed by atoms with Crippen LogP contribution in [0.15, 0.2) is 77.8 Å². The van der Waals surface area contributed by atoms with Crippen LogP contribution in [0.5, 0.6) is 0 Å². The lowest BCUT2D eigenvalue weighted by atomic mass is 9.90. The number of rotatable bonds is 7. The van der Waals surface area contributed by atoms with Gasteiger partial charge in [0, 0.05) is 62.3 Å². The molecule has 10 nitrogen and oxygen atoms in total. The zero-order valence-corrected chi connectivity index (χ0v) is 21.9. The molecule has 10 heteroatoms. The van der Waals surface area contributed by atoms with Crippen LogP contribution in [0.1, 0.15) is 17.0 Å². The highest BCUT2D eigenvalue weighted by Crippen LogP contribution is 2.38. The number of nitrogens with one attached hydrogen (secondary N) is 1. The molecule has 39 heavy (non-hydrogen) atoms. The molecule has 0 spiro atoms. The predicted octanol–water partition coefficient (Wildman–Crippen LogP) is 3.66. The molecule has 2 heterocycles. The van der Waals surface area contributed by atoms with E-state index < -0.39 is 10.8 Å². The van der Waals surface area contributed by atoms with Crippen LogP contribution in [0.4, 0.5) is 22.7 Å². The quantitative estimate of drug-likeness (QED) is 0.286. The highest BCUT2D eigenvalue weighted by molar-refractivity contribution is 6.24. The van der Waals surface area contributed by atoms with E-state index in [0.29, 0.717) is 29.2 Å². The van der Waals surface area contributed by atoms with Gasteiger partial charge in [0.2, 0.25) is 11.8 Å². The standard InChI is InChI=1S/C29H30N6O4/c1-32-14-16-34(17-15-32)19-26(36)33(2)22-10-8-21(9-11-22)30-28(20-6-4-3-5-7-20)27-24-18-23(35(38)39)12-13-25(24)31-29(27)37/h3-13,18,27H,14-17,19H2,1-2H3,(H,31,37). The van der Waals surface area contributed by atoms with Crippen molar-refractivity contribution in [1.82, 2.24) is 9.80 Å². The van der Waals surface area contributed by atoms with Crippen LogP contribution in [-0.4, -0.2) is 79.1 Å². The van der Waals surface area contributed by atoms with Gasteiger partial charge in [-0.25, -0.2) is 0 Å². The smallest absolute Gasteiger partial charge is 0.269 e. The monoisotopic (exact) mass is 526 g/mol. The summed E-state index contributed by atoms with van der Waals surface area (Å²) in [5.74, 6) is -1.09. The van der Waals surface area contributed by atoms with E-state index in [1.165, 1.54) is 12.1 Å². The molecule has 5 rings (SSSR count). The van der Waals surface area contributed by atoms with Gasteiger partial charge in [-0.05, 0) is 42.9 Å². The fourth-order valence-electron chi connectivity index (χ4n) is 4.88. The third-order valence-electron chi connectivity index (χ3n) is 7.24. The van der Waals surface area contributed by atoms with Crippen molar-refractivity contribution in [3.63, 3.8) is 0 Å². The molecule has 0 aliphatic carbocycles. The van der Waals surface area contributed by atoms with Crippen LogP contribution in [0, 0.1) is 10.1 Å². The zero-order chi connectivity index (χ0) is 27.5. The fraction of sp³-hybridized carbons (Fsp3) is 0.276. The molecule has 2 amide bonds. The van der Waals surface area contributed by atoms with Crippen molar-refractivity contribution in [2.24, 2.45) is 4.99 Å². The van der Waals surface area contributed by atoms with Gasteiger partial charge in [-0.3, -0.25) is 29.6 Å². The molecule has 1 N–H and O–H groups in total. The maximum Gasteiger partial charge on any atom is 0.269 e. The number of carbonyl (C=O) groups excluding carboxylic acids is 2. The topological polar surface area (TPSA) is 111 Å². The fourth-order valence-corrected chi connectivity index (χ4v) is 4.88. The molecule has 1 fully saturated rings. The van der Waals surface area contributed by atoms with Crippen molar-refractivity contribution >= 4 is 40.3 Å². The van der Waals surface area contributed by atoms with E-state index in [9.17, 15) is 19.7 Å². The highest BCUT2D eigenvalue weighted by atomic mass is 16.6. The van der Waals surface area contributed by atoms with Crippen LogP contribution < -0.4 is 10.2 Å². The van der Waals surface area contributed by atoms with Crippen molar-refractivity contribution < 1.29 is 14.5 Å². The third kappa shape index (κ3) is 5.71. The number of piperazine rings is 1. The number of nitro groups is 1. The summed E-state index contributed by atoms with van der Waals surface area (Å²) < 4.78 is 0. The van der Waals surface area contributed by atoms with E-state index in [1.54, 1.807) is 30.1 Å². The Morgan fingerprint density at radius 1 is 1.05 bits per heavy atom. The molecule has 0 radical (unpaired) electrons. The van der Waals surface area contributed by atoms with Gasteiger partial charge in [0.15, 0.2) is 0 Å². The highest BCUT2D eigenvalue weighted by Gasteiger charge is 2.36. The number of amides is 2. The first kappa shape index (κ1) is 26.2. The van der Waals surface area contributed by atoms with Gasteiger partial charge in [-0.1, -0.05) is 30.3 Å². The summed E-state index contributed by atoms with van der Waals surface area (Å²) in [4.78, 5) is 47.9. The molecule has 1 saturated heterocycles. The average molecular weight is 527 g/mol. The maximum absolute atomic E-state index is 13.1. The molecule has 3 aromatic carbocycles. The summed E-state index contributed by atoms with van der Waals surface area (Å²) in [5.41, 5.74) is 3.53. The molecular weight excluding hydrogens is 496 g/mol. The summed E-state index contributed by atoms with van der Waals surface area (Å²) in [6, 6.07) is 20.9. The molecule has 2 aliphatic rings. The minimum absolute atomic E-state index is 0.0154. The Kier molecular flexibility index (Phi) is 7.49. The van der Waals surface area contributed by atoms with Crippen LogP contribution in [0.2, 0.25) is 0 Å². The Balaban J connectivity index is 1.42. The molecule has 0 aromatic heterocycles. The van der Waals surface area contributed by atoms with Crippen molar-refractivity contribution in [1.29, 1.82) is 0 Å². The molecule has 200 valence electrons. The molecule has 2 aliphatic heterocycles. The molecule has 0 bridgehead atoms. The lowest BCUT2D eigenvalue weighted by Gasteiger charge is -2.32. The summed E-state index contributed by atoms with van der Waals surface area (Å²) in [7, 11) is 3.85. The lowest BCUT2D eigenvalue weighted by Crippen LogP contribution is -2.48. The Morgan fingerprint density at radius 2 is 1.74 bits per heavy atom. The number of nitro benzene ring substituents is 1. The number of aliphatic imine (C=N–C) groups is 1. The lowest BCUT2D eigenvalue weighted by molar-refractivity contribution is -0.384. The summed E-state index contributed by atoms with van der Waals surface area (Å²) >= 11 is 0. The Labute approximate surface area is 226 Å². The Hall–Kier alpha value is -4.41. The van der Waals surface area contributed by atoms with Gasteiger partial charge >= 0.3 is 0 Å². The van der Waals surface area contributed by atoms with E-state index in [4.69, 9.17) is 4.99 Å². The largest absolute Gasteiger partial charge is 0.325 e. The predicted molar refractivity (Wildman–Crippen MR) is 151 cm³/mol. The van der Waals surface area contributed by atoms with Gasteiger partial charge in [0.1, 0.15) is 5.92 Å².